The molecule has 0 spiro atoms. The molecular weight excluding hydrogens is 336 g/mol. The van der Waals surface area contributed by atoms with Gasteiger partial charge in [-0.05, 0) is 42.5 Å². The second kappa shape index (κ2) is 6.20. The highest BCUT2D eigenvalue weighted by Crippen LogP contribution is 2.20. The summed E-state index contributed by atoms with van der Waals surface area (Å²) in [5, 5.41) is 20.3. The molecule has 0 unspecified atom stereocenters. The Balaban J connectivity index is 2.23. The second-order valence-corrected chi connectivity index (χ2v) is 5.09. The number of carboxylic acid groups (broad SMARTS) is 1. The van der Waals surface area contributed by atoms with Crippen molar-refractivity contribution in [2.45, 2.75) is 0 Å². The molecule has 2 aromatic carbocycles. The van der Waals surface area contributed by atoms with Gasteiger partial charge in [-0.25, -0.2) is 4.79 Å². The minimum atomic E-state index is -1.08. The zero-order valence-corrected chi connectivity index (χ0v) is 12.2. The van der Waals surface area contributed by atoms with Gasteiger partial charge in [-0.3, -0.25) is 4.79 Å². The lowest BCUT2D eigenvalue weighted by atomic mass is 10.1. The number of rotatable bonds is 3. The molecule has 0 saturated heterocycles. The van der Waals surface area contributed by atoms with Crippen LogP contribution in [0, 0.1) is 11.3 Å². The van der Waals surface area contributed by atoms with Crippen molar-refractivity contribution in [3.05, 3.63) is 63.6 Å². The van der Waals surface area contributed by atoms with Gasteiger partial charge in [0.1, 0.15) is 0 Å². The fourth-order valence-corrected chi connectivity index (χ4v) is 2.18. The fraction of sp³-hybridized carbons (Fsp3) is 0. The molecule has 0 aliphatic heterocycles. The molecule has 5 nitrogen and oxygen atoms in total. The van der Waals surface area contributed by atoms with Crippen LogP contribution in [0.3, 0.4) is 0 Å². The van der Waals surface area contributed by atoms with Crippen LogP contribution in [0.25, 0.3) is 0 Å². The van der Waals surface area contributed by atoms with Crippen molar-refractivity contribution < 1.29 is 14.7 Å². The molecule has 0 radical (unpaired) electrons. The molecule has 0 fully saturated rings. The minimum absolute atomic E-state index is 0.0690. The van der Waals surface area contributed by atoms with Gasteiger partial charge in [0, 0.05) is 15.7 Å². The van der Waals surface area contributed by atoms with Crippen LogP contribution in [-0.2, 0) is 0 Å². The minimum Gasteiger partial charge on any atom is -0.478 e. The number of carboxylic acids is 1. The van der Waals surface area contributed by atoms with Gasteiger partial charge in [0.15, 0.2) is 0 Å². The van der Waals surface area contributed by atoms with Crippen LogP contribution in [-0.4, -0.2) is 17.0 Å². The summed E-state index contributed by atoms with van der Waals surface area (Å²) in [6.45, 7) is 0. The number of amides is 1. The van der Waals surface area contributed by atoms with Crippen LogP contribution in [0.4, 0.5) is 5.69 Å². The normalized spacial score (nSPS) is 9.71. The SMILES string of the molecule is N#Cc1ccc(C(=O)Nc2cc(Br)cc(C(=O)O)c2)cc1. The number of nitrogens with one attached hydrogen (secondary N) is 1. The molecule has 0 bridgehead atoms. The highest BCUT2D eigenvalue weighted by molar-refractivity contribution is 9.10. The van der Waals surface area contributed by atoms with Gasteiger partial charge in [0.2, 0.25) is 0 Å². The molecule has 0 saturated carbocycles. The first kappa shape index (κ1) is 14.8. The molecule has 0 aliphatic rings. The maximum Gasteiger partial charge on any atom is 0.335 e. The van der Waals surface area contributed by atoms with E-state index in [0.717, 1.165) is 0 Å². The van der Waals surface area contributed by atoms with E-state index >= 15 is 0 Å². The molecule has 21 heavy (non-hydrogen) atoms. The standard InChI is InChI=1S/C15H9BrN2O3/c16-12-5-11(15(20)21)6-13(7-12)18-14(19)10-3-1-9(8-17)2-4-10/h1-7H,(H,18,19)(H,20,21). The van der Waals surface area contributed by atoms with Gasteiger partial charge in [0.25, 0.3) is 5.91 Å². The van der Waals surface area contributed by atoms with Crippen LogP contribution >= 0.6 is 15.9 Å². The maximum atomic E-state index is 12.0. The van der Waals surface area contributed by atoms with Crippen LogP contribution in [0.15, 0.2) is 46.9 Å². The smallest absolute Gasteiger partial charge is 0.335 e. The number of halogens is 1. The fourth-order valence-electron chi connectivity index (χ4n) is 1.68. The summed E-state index contributed by atoms with van der Waals surface area (Å²) < 4.78 is 0.553. The first-order chi connectivity index (χ1) is 9.99. The lowest BCUT2D eigenvalue weighted by Gasteiger charge is -2.07. The van der Waals surface area contributed by atoms with Crippen LogP contribution in [0.5, 0.6) is 0 Å². The van der Waals surface area contributed by atoms with E-state index in [4.69, 9.17) is 10.4 Å². The molecular formula is C15H9BrN2O3. The number of benzene rings is 2. The first-order valence-corrected chi connectivity index (χ1v) is 6.64. The Morgan fingerprint density at radius 3 is 2.33 bits per heavy atom. The predicted molar refractivity (Wildman–Crippen MR) is 80.2 cm³/mol. The third kappa shape index (κ3) is 3.68. The van der Waals surface area contributed by atoms with Gasteiger partial charge in [0.05, 0.1) is 17.2 Å². The topological polar surface area (TPSA) is 90.2 Å². The number of carbonyl (C=O) groups is 2. The van der Waals surface area contributed by atoms with Crippen molar-refractivity contribution >= 4 is 33.5 Å². The molecule has 1 amide bonds. The quantitative estimate of drug-likeness (QED) is 0.893. The molecule has 0 atom stereocenters. The van der Waals surface area contributed by atoms with E-state index in [9.17, 15) is 9.59 Å². The Morgan fingerprint density at radius 2 is 1.76 bits per heavy atom. The number of hydrogen-bond acceptors (Lipinski definition) is 3. The Labute approximate surface area is 129 Å². The third-order valence-corrected chi connectivity index (χ3v) is 3.14. The van der Waals surface area contributed by atoms with E-state index in [0.29, 0.717) is 21.3 Å². The van der Waals surface area contributed by atoms with E-state index in [1.807, 2.05) is 6.07 Å². The van der Waals surface area contributed by atoms with Crippen LogP contribution in [0.1, 0.15) is 26.3 Å². The van der Waals surface area contributed by atoms with E-state index < -0.39 is 5.97 Å². The Bertz CT molecular complexity index is 749. The Kier molecular flexibility index (Phi) is 4.36. The van der Waals surface area contributed by atoms with E-state index in [-0.39, 0.29) is 11.5 Å². The maximum absolute atomic E-state index is 12.0. The number of nitriles is 1. The number of carbonyl (C=O) groups excluding carboxylic acids is 1. The molecule has 0 aliphatic carbocycles. The lowest BCUT2D eigenvalue weighted by Crippen LogP contribution is -2.12. The first-order valence-electron chi connectivity index (χ1n) is 5.85. The number of anilines is 1. The molecule has 2 aromatic rings. The average Bonchev–Trinajstić information content (AvgIpc) is 2.46. The Hall–Kier alpha value is -2.65. The van der Waals surface area contributed by atoms with Crippen molar-refractivity contribution in [1.29, 1.82) is 5.26 Å². The van der Waals surface area contributed by atoms with Crippen molar-refractivity contribution in [2.75, 3.05) is 5.32 Å². The summed E-state index contributed by atoms with van der Waals surface area (Å²) in [4.78, 5) is 23.0. The number of nitrogens with zero attached hydrogens (tertiary/aromatic N) is 1. The van der Waals surface area contributed by atoms with Crippen LogP contribution < -0.4 is 5.32 Å². The average molecular weight is 345 g/mol. The van der Waals surface area contributed by atoms with Crippen molar-refractivity contribution in [3.63, 3.8) is 0 Å². The highest BCUT2D eigenvalue weighted by atomic mass is 79.9. The third-order valence-electron chi connectivity index (χ3n) is 2.68. The summed E-state index contributed by atoms with van der Waals surface area (Å²) >= 11 is 3.20. The Morgan fingerprint density at radius 1 is 1.10 bits per heavy atom. The molecule has 2 N–H and O–H groups in total. The lowest BCUT2D eigenvalue weighted by molar-refractivity contribution is 0.0696. The molecule has 6 heteroatoms. The number of aromatic carboxylic acids is 1. The van der Waals surface area contributed by atoms with Gasteiger partial charge in [-0.15, -0.1) is 0 Å². The van der Waals surface area contributed by atoms with E-state index in [1.165, 1.54) is 24.3 Å². The number of hydrogen-bond donors (Lipinski definition) is 2. The highest BCUT2D eigenvalue weighted by Gasteiger charge is 2.10. The molecule has 104 valence electrons. The molecule has 2 rings (SSSR count). The summed E-state index contributed by atoms with van der Waals surface area (Å²) in [5.74, 6) is -1.46. The van der Waals surface area contributed by atoms with Gasteiger partial charge < -0.3 is 10.4 Å². The summed E-state index contributed by atoms with van der Waals surface area (Å²) in [6.07, 6.45) is 0. The van der Waals surface area contributed by atoms with Crippen molar-refractivity contribution in [2.24, 2.45) is 0 Å². The van der Waals surface area contributed by atoms with Gasteiger partial charge in [-0.1, -0.05) is 15.9 Å². The molecule has 0 heterocycles. The second-order valence-electron chi connectivity index (χ2n) is 4.18. The van der Waals surface area contributed by atoms with Crippen LogP contribution in [0.2, 0.25) is 0 Å². The predicted octanol–water partition coefficient (Wildman–Crippen LogP) is 3.27. The zero-order valence-electron chi connectivity index (χ0n) is 10.6. The summed E-state index contributed by atoms with van der Waals surface area (Å²) in [5.41, 5.74) is 1.28. The zero-order chi connectivity index (χ0) is 15.4. The summed E-state index contributed by atoms with van der Waals surface area (Å²) in [7, 11) is 0. The van der Waals surface area contributed by atoms with Gasteiger partial charge in [-0.2, -0.15) is 5.26 Å². The van der Waals surface area contributed by atoms with Crippen molar-refractivity contribution in [1.82, 2.24) is 0 Å². The monoisotopic (exact) mass is 344 g/mol. The van der Waals surface area contributed by atoms with Crippen molar-refractivity contribution in [3.8, 4) is 6.07 Å². The van der Waals surface area contributed by atoms with E-state index in [1.54, 1.807) is 18.2 Å². The largest absolute Gasteiger partial charge is 0.478 e. The summed E-state index contributed by atoms with van der Waals surface area (Å²) in [6, 6.07) is 12.5. The van der Waals surface area contributed by atoms with E-state index in [2.05, 4.69) is 21.2 Å². The van der Waals surface area contributed by atoms with Gasteiger partial charge >= 0.3 is 5.97 Å². The molecule has 0 aromatic heterocycles.